The number of carbonyl (C=O) groups excluding carboxylic acids is 1. The number of para-hydroxylation sites is 1. The monoisotopic (exact) mass is 431 g/mol. The van der Waals surface area contributed by atoms with Crippen molar-refractivity contribution < 1.29 is 9.90 Å². The standard InChI is InChI=1S/C27H33N3O2/c1-20(31)30-17-13-23-22-10-5-6-11-24(22)28-26(23)25(30)12-7-16-29-18-14-27(32,15-19-29)21-8-3-2-4-9-21/h2-6,8-11,25,28,32H,7,12-19H2,1H3. The molecular formula is C27H33N3O2. The molecule has 1 saturated heterocycles. The van der Waals surface area contributed by atoms with E-state index in [1.54, 1.807) is 6.92 Å². The number of benzene rings is 2. The van der Waals surface area contributed by atoms with Crippen LogP contribution in [0.15, 0.2) is 54.6 Å². The average Bonchev–Trinajstić information content (AvgIpc) is 3.20. The van der Waals surface area contributed by atoms with Crippen molar-refractivity contribution in [3.05, 3.63) is 71.4 Å². The lowest BCUT2D eigenvalue weighted by Crippen LogP contribution is -2.43. The number of aromatic nitrogens is 1. The van der Waals surface area contributed by atoms with Crippen LogP contribution in [-0.2, 0) is 16.8 Å². The van der Waals surface area contributed by atoms with E-state index in [9.17, 15) is 9.90 Å². The van der Waals surface area contributed by atoms with Gasteiger partial charge in [-0.2, -0.15) is 0 Å². The van der Waals surface area contributed by atoms with Gasteiger partial charge in [-0.25, -0.2) is 0 Å². The first kappa shape index (κ1) is 21.2. The Kier molecular flexibility index (Phi) is 5.78. The summed E-state index contributed by atoms with van der Waals surface area (Å²) in [7, 11) is 0. The van der Waals surface area contributed by atoms with Gasteiger partial charge >= 0.3 is 0 Å². The number of amides is 1. The number of hydrogen-bond acceptors (Lipinski definition) is 3. The minimum Gasteiger partial charge on any atom is -0.385 e. The lowest BCUT2D eigenvalue weighted by molar-refractivity contribution is -0.132. The van der Waals surface area contributed by atoms with Crippen LogP contribution in [0, 0.1) is 0 Å². The van der Waals surface area contributed by atoms with E-state index in [0.29, 0.717) is 0 Å². The van der Waals surface area contributed by atoms with Crippen LogP contribution >= 0.6 is 0 Å². The molecule has 0 bridgehead atoms. The Bertz CT molecular complexity index is 1080. The molecule has 0 aliphatic carbocycles. The molecule has 2 aliphatic rings. The lowest BCUT2D eigenvalue weighted by atomic mass is 9.84. The van der Waals surface area contributed by atoms with Gasteiger partial charge in [0.2, 0.25) is 5.91 Å². The zero-order valence-electron chi connectivity index (χ0n) is 18.9. The van der Waals surface area contributed by atoms with Crippen LogP contribution in [-0.4, -0.2) is 52.0 Å². The highest BCUT2D eigenvalue weighted by molar-refractivity contribution is 5.86. The zero-order valence-corrected chi connectivity index (χ0v) is 18.9. The fourth-order valence-electron chi connectivity index (χ4n) is 5.69. The van der Waals surface area contributed by atoms with E-state index in [4.69, 9.17) is 0 Å². The molecule has 3 aromatic rings. The van der Waals surface area contributed by atoms with E-state index in [1.165, 1.54) is 22.2 Å². The van der Waals surface area contributed by atoms with Crippen molar-refractivity contribution in [3.8, 4) is 0 Å². The molecule has 0 radical (unpaired) electrons. The van der Waals surface area contributed by atoms with E-state index in [1.807, 2.05) is 35.2 Å². The molecule has 32 heavy (non-hydrogen) atoms. The molecule has 168 valence electrons. The van der Waals surface area contributed by atoms with Crippen LogP contribution in [0.2, 0.25) is 0 Å². The second-order valence-electron chi connectivity index (χ2n) is 9.42. The molecule has 1 fully saturated rings. The van der Waals surface area contributed by atoms with Gasteiger partial charge in [0.15, 0.2) is 0 Å². The van der Waals surface area contributed by atoms with Gasteiger partial charge in [0.25, 0.3) is 0 Å². The molecule has 0 spiro atoms. The van der Waals surface area contributed by atoms with Crippen molar-refractivity contribution in [1.29, 1.82) is 0 Å². The summed E-state index contributed by atoms with van der Waals surface area (Å²) in [5, 5.41) is 12.4. The number of rotatable bonds is 5. The van der Waals surface area contributed by atoms with Crippen LogP contribution in [0.1, 0.15) is 55.5 Å². The van der Waals surface area contributed by atoms with Gasteiger partial charge in [-0.05, 0) is 55.8 Å². The number of aromatic amines is 1. The Morgan fingerprint density at radius 2 is 1.78 bits per heavy atom. The predicted octanol–water partition coefficient (Wildman–Crippen LogP) is 4.38. The van der Waals surface area contributed by atoms with Gasteiger partial charge in [0, 0.05) is 43.2 Å². The summed E-state index contributed by atoms with van der Waals surface area (Å²) in [6.07, 6.45) is 4.45. The van der Waals surface area contributed by atoms with Gasteiger partial charge in [-0.15, -0.1) is 0 Å². The van der Waals surface area contributed by atoms with Crippen LogP contribution in [0.25, 0.3) is 10.9 Å². The number of likely N-dealkylation sites (tertiary alicyclic amines) is 1. The molecule has 1 atom stereocenters. The molecule has 5 nitrogen and oxygen atoms in total. The number of hydrogen-bond donors (Lipinski definition) is 2. The predicted molar refractivity (Wildman–Crippen MR) is 127 cm³/mol. The van der Waals surface area contributed by atoms with Crippen molar-refractivity contribution in [3.63, 3.8) is 0 Å². The first-order valence-electron chi connectivity index (χ1n) is 11.9. The van der Waals surface area contributed by atoms with Gasteiger partial charge in [0.1, 0.15) is 0 Å². The van der Waals surface area contributed by atoms with E-state index in [2.05, 4.69) is 34.1 Å². The number of fused-ring (bicyclic) bond motifs is 3. The van der Waals surface area contributed by atoms with E-state index >= 15 is 0 Å². The fraction of sp³-hybridized carbons (Fsp3) is 0.444. The van der Waals surface area contributed by atoms with Crippen molar-refractivity contribution in [1.82, 2.24) is 14.8 Å². The van der Waals surface area contributed by atoms with Crippen molar-refractivity contribution >= 4 is 16.8 Å². The highest BCUT2D eigenvalue weighted by Crippen LogP contribution is 2.37. The number of H-pyrrole nitrogens is 1. The summed E-state index contributed by atoms with van der Waals surface area (Å²) in [6.45, 7) is 5.30. The largest absolute Gasteiger partial charge is 0.385 e. The molecule has 5 rings (SSSR count). The van der Waals surface area contributed by atoms with Crippen LogP contribution in [0.3, 0.4) is 0 Å². The van der Waals surface area contributed by atoms with Gasteiger partial charge < -0.3 is 19.9 Å². The van der Waals surface area contributed by atoms with Crippen LogP contribution < -0.4 is 0 Å². The summed E-state index contributed by atoms with van der Waals surface area (Å²) < 4.78 is 0. The molecule has 1 unspecified atom stereocenters. The van der Waals surface area contributed by atoms with E-state index in [0.717, 1.165) is 63.8 Å². The zero-order chi connectivity index (χ0) is 22.1. The first-order chi connectivity index (χ1) is 15.5. The molecule has 3 heterocycles. The number of nitrogens with zero attached hydrogens (tertiary/aromatic N) is 2. The summed E-state index contributed by atoms with van der Waals surface area (Å²) in [5.41, 5.74) is 4.11. The minimum atomic E-state index is -0.703. The second kappa shape index (κ2) is 8.72. The third kappa shape index (κ3) is 3.96. The fourth-order valence-corrected chi connectivity index (χ4v) is 5.69. The second-order valence-corrected chi connectivity index (χ2v) is 9.42. The summed E-state index contributed by atoms with van der Waals surface area (Å²) in [6, 6.07) is 18.7. The Morgan fingerprint density at radius 3 is 2.53 bits per heavy atom. The number of nitrogens with one attached hydrogen (secondary N) is 1. The smallest absolute Gasteiger partial charge is 0.220 e. The third-order valence-corrected chi connectivity index (χ3v) is 7.51. The molecule has 2 N–H and O–H groups in total. The first-order valence-corrected chi connectivity index (χ1v) is 11.9. The van der Waals surface area contributed by atoms with E-state index < -0.39 is 5.60 Å². The number of aliphatic hydroxyl groups is 1. The van der Waals surface area contributed by atoms with Gasteiger partial charge in [-0.3, -0.25) is 4.79 Å². The van der Waals surface area contributed by atoms with Crippen molar-refractivity contribution in [2.24, 2.45) is 0 Å². The van der Waals surface area contributed by atoms with Crippen LogP contribution in [0.5, 0.6) is 0 Å². The summed E-state index contributed by atoms with van der Waals surface area (Å²) >= 11 is 0. The van der Waals surface area contributed by atoms with Gasteiger partial charge in [0.05, 0.1) is 11.6 Å². The SMILES string of the molecule is CC(=O)N1CCc2c([nH]c3ccccc23)C1CCCN1CCC(O)(c2ccccc2)CC1. The van der Waals surface area contributed by atoms with Crippen LogP contribution in [0.4, 0.5) is 0 Å². The normalized spacial score (nSPS) is 20.9. The molecule has 2 aliphatic heterocycles. The maximum atomic E-state index is 12.4. The quantitative estimate of drug-likeness (QED) is 0.630. The highest BCUT2D eigenvalue weighted by atomic mass is 16.3. The number of piperidine rings is 1. The Labute approximate surface area is 190 Å². The summed E-state index contributed by atoms with van der Waals surface area (Å²) in [4.78, 5) is 20.5. The Morgan fingerprint density at radius 1 is 1.06 bits per heavy atom. The lowest BCUT2D eigenvalue weighted by Gasteiger charge is -2.39. The molecular weight excluding hydrogens is 398 g/mol. The molecule has 5 heteroatoms. The molecule has 2 aromatic carbocycles. The topological polar surface area (TPSA) is 59.6 Å². The number of carbonyl (C=O) groups is 1. The maximum Gasteiger partial charge on any atom is 0.220 e. The molecule has 0 saturated carbocycles. The van der Waals surface area contributed by atoms with Crippen molar-refractivity contribution in [2.75, 3.05) is 26.2 Å². The Balaban J connectivity index is 1.23. The van der Waals surface area contributed by atoms with Gasteiger partial charge in [-0.1, -0.05) is 48.5 Å². The minimum absolute atomic E-state index is 0.120. The maximum absolute atomic E-state index is 12.4. The van der Waals surface area contributed by atoms with Crippen molar-refractivity contribution in [2.45, 2.75) is 50.7 Å². The highest BCUT2D eigenvalue weighted by Gasteiger charge is 2.34. The summed E-state index contributed by atoms with van der Waals surface area (Å²) in [5.74, 6) is 0.158. The Hall–Kier alpha value is -2.63. The molecule has 1 aromatic heterocycles. The third-order valence-electron chi connectivity index (χ3n) is 7.51. The van der Waals surface area contributed by atoms with E-state index in [-0.39, 0.29) is 11.9 Å². The average molecular weight is 432 g/mol. The molecule has 1 amide bonds.